The average Bonchev–Trinajstić information content (AvgIpc) is 3.39. The lowest BCUT2D eigenvalue weighted by molar-refractivity contribution is -0.163. The SMILES string of the molecule is CC1(C)O[C@@H]2[C@H](O1)[C@@H](Oc1ccc(F)c3c1CNCC3)C[C@H]2n1cc(Br)c2c(Cl)ncnc21. The number of ether oxygens (including phenoxy) is 3. The number of fused-ring (bicyclic) bond motifs is 3. The van der Waals surface area contributed by atoms with Gasteiger partial charge in [-0.05, 0) is 60.4 Å². The summed E-state index contributed by atoms with van der Waals surface area (Å²) in [4.78, 5) is 8.59. The Balaban J connectivity index is 1.38. The summed E-state index contributed by atoms with van der Waals surface area (Å²) in [5, 5.41) is 4.47. The molecule has 2 aliphatic heterocycles. The van der Waals surface area contributed by atoms with Crippen LogP contribution in [0, 0.1) is 5.82 Å². The molecule has 3 aliphatic rings. The predicted octanol–water partition coefficient (Wildman–Crippen LogP) is 4.54. The molecule has 6 rings (SSSR count). The molecule has 7 nitrogen and oxygen atoms in total. The first-order valence-electron chi connectivity index (χ1n) is 11.0. The van der Waals surface area contributed by atoms with Gasteiger partial charge in [-0.1, -0.05) is 11.6 Å². The van der Waals surface area contributed by atoms with Crippen molar-refractivity contribution in [2.45, 2.75) is 63.4 Å². The molecule has 10 heteroatoms. The van der Waals surface area contributed by atoms with Gasteiger partial charge in [-0.25, -0.2) is 14.4 Å². The number of nitrogens with one attached hydrogen (secondary N) is 1. The van der Waals surface area contributed by atoms with Crippen molar-refractivity contribution < 1.29 is 18.6 Å². The van der Waals surface area contributed by atoms with Gasteiger partial charge in [0.15, 0.2) is 5.79 Å². The first-order valence-corrected chi connectivity index (χ1v) is 12.2. The molecule has 1 aliphatic carbocycles. The molecule has 4 heterocycles. The minimum absolute atomic E-state index is 0.0871. The zero-order valence-corrected chi connectivity index (χ0v) is 20.5. The van der Waals surface area contributed by atoms with Gasteiger partial charge in [0.1, 0.15) is 47.0 Å². The van der Waals surface area contributed by atoms with Crippen LogP contribution in [0.2, 0.25) is 5.15 Å². The monoisotopic (exact) mass is 536 g/mol. The Bertz CT molecular complexity index is 1250. The number of hydrogen-bond acceptors (Lipinski definition) is 6. The fourth-order valence-electron chi connectivity index (χ4n) is 5.36. The van der Waals surface area contributed by atoms with Gasteiger partial charge in [0.2, 0.25) is 0 Å². The molecule has 0 spiro atoms. The Morgan fingerprint density at radius 3 is 2.91 bits per heavy atom. The molecule has 1 saturated heterocycles. The molecule has 0 amide bonds. The Hall–Kier alpha value is -1.78. The summed E-state index contributed by atoms with van der Waals surface area (Å²) in [6.07, 6.45) is 3.92. The first kappa shape index (κ1) is 21.7. The van der Waals surface area contributed by atoms with Crippen LogP contribution in [0.5, 0.6) is 5.75 Å². The average molecular weight is 538 g/mol. The van der Waals surface area contributed by atoms with Crippen LogP contribution in [0.4, 0.5) is 4.39 Å². The van der Waals surface area contributed by atoms with Crippen LogP contribution < -0.4 is 10.1 Å². The van der Waals surface area contributed by atoms with Crippen molar-refractivity contribution in [2.24, 2.45) is 0 Å². The van der Waals surface area contributed by atoms with E-state index >= 15 is 0 Å². The number of hydrogen-bond donors (Lipinski definition) is 1. The third-order valence-corrected chi connectivity index (χ3v) is 7.61. The largest absolute Gasteiger partial charge is 0.487 e. The highest BCUT2D eigenvalue weighted by Crippen LogP contribution is 2.47. The lowest BCUT2D eigenvalue weighted by Gasteiger charge is -2.27. The third-order valence-electron chi connectivity index (χ3n) is 6.72. The van der Waals surface area contributed by atoms with Crippen molar-refractivity contribution in [3.05, 3.63) is 51.2 Å². The van der Waals surface area contributed by atoms with E-state index in [2.05, 4.69) is 35.8 Å². The smallest absolute Gasteiger partial charge is 0.164 e. The first-order chi connectivity index (χ1) is 15.8. The van der Waals surface area contributed by atoms with Gasteiger partial charge in [0, 0.05) is 29.2 Å². The summed E-state index contributed by atoms with van der Waals surface area (Å²) in [5.74, 6) is -0.227. The number of nitrogens with zero attached hydrogens (tertiary/aromatic N) is 3. The van der Waals surface area contributed by atoms with Crippen LogP contribution in [0.15, 0.2) is 29.1 Å². The van der Waals surface area contributed by atoms with Gasteiger partial charge in [0.05, 0.1) is 11.4 Å². The number of halogens is 3. The van der Waals surface area contributed by atoms with Crippen molar-refractivity contribution >= 4 is 38.6 Å². The van der Waals surface area contributed by atoms with E-state index in [1.54, 1.807) is 6.07 Å². The molecule has 1 aromatic carbocycles. The Morgan fingerprint density at radius 2 is 2.06 bits per heavy atom. The molecule has 2 aromatic heterocycles. The molecule has 3 aromatic rings. The van der Waals surface area contributed by atoms with Gasteiger partial charge < -0.3 is 24.1 Å². The molecule has 1 saturated carbocycles. The van der Waals surface area contributed by atoms with E-state index < -0.39 is 5.79 Å². The molecule has 174 valence electrons. The van der Waals surface area contributed by atoms with E-state index in [9.17, 15) is 4.39 Å². The topological polar surface area (TPSA) is 70.4 Å². The highest BCUT2D eigenvalue weighted by molar-refractivity contribution is 9.10. The summed E-state index contributed by atoms with van der Waals surface area (Å²) in [5.41, 5.74) is 2.34. The minimum atomic E-state index is -0.744. The van der Waals surface area contributed by atoms with Crippen LogP contribution in [-0.2, 0) is 22.4 Å². The predicted molar refractivity (Wildman–Crippen MR) is 124 cm³/mol. The summed E-state index contributed by atoms with van der Waals surface area (Å²) >= 11 is 9.94. The van der Waals surface area contributed by atoms with E-state index in [0.717, 1.165) is 33.2 Å². The maximum Gasteiger partial charge on any atom is 0.164 e. The van der Waals surface area contributed by atoms with Crippen molar-refractivity contribution in [1.82, 2.24) is 19.9 Å². The van der Waals surface area contributed by atoms with Crippen LogP contribution in [0.1, 0.15) is 37.4 Å². The number of aromatic nitrogens is 3. The van der Waals surface area contributed by atoms with Gasteiger partial charge in [-0.2, -0.15) is 0 Å². The summed E-state index contributed by atoms with van der Waals surface area (Å²) in [6.45, 7) is 5.16. The van der Waals surface area contributed by atoms with Gasteiger partial charge in [0.25, 0.3) is 0 Å². The van der Waals surface area contributed by atoms with Crippen molar-refractivity contribution in [3.8, 4) is 5.75 Å². The molecule has 0 bridgehead atoms. The normalized spacial score (nSPS) is 28.2. The van der Waals surface area contributed by atoms with Crippen LogP contribution in [-0.4, -0.2) is 45.2 Å². The minimum Gasteiger partial charge on any atom is -0.487 e. The number of rotatable bonds is 3. The second-order valence-corrected chi connectivity index (χ2v) is 10.4. The summed E-state index contributed by atoms with van der Waals surface area (Å²) < 4.78 is 36.5. The van der Waals surface area contributed by atoms with E-state index in [1.165, 1.54) is 12.4 Å². The van der Waals surface area contributed by atoms with Gasteiger partial charge in [-0.3, -0.25) is 0 Å². The van der Waals surface area contributed by atoms with E-state index in [0.29, 0.717) is 30.3 Å². The summed E-state index contributed by atoms with van der Waals surface area (Å²) in [7, 11) is 0. The highest BCUT2D eigenvalue weighted by Gasteiger charge is 2.56. The standard InChI is InChI=1S/C23H23BrClFN4O3/c1-23(2)32-19-15(30-9-13(24)18-21(25)28-10-29-22(18)30)7-17(20(19)33-23)31-16-4-3-14(26)11-5-6-27-8-12(11)16/h3-4,9-10,15,17,19-20,27H,5-8H2,1-2H3/t15-,17+,19+,20-/m1/s1. The van der Waals surface area contributed by atoms with E-state index in [1.807, 2.05) is 20.0 Å². The molecule has 4 atom stereocenters. The fourth-order valence-corrected chi connectivity index (χ4v) is 6.29. The molecule has 0 radical (unpaired) electrons. The third kappa shape index (κ3) is 3.56. The van der Waals surface area contributed by atoms with Gasteiger partial charge >= 0.3 is 0 Å². The highest BCUT2D eigenvalue weighted by atomic mass is 79.9. The van der Waals surface area contributed by atoms with Gasteiger partial charge in [-0.15, -0.1) is 0 Å². The Morgan fingerprint density at radius 1 is 1.24 bits per heavy atom. The maximum absolute atomic E-state index is 14.4. The lowest BCUT2D eigenvalue weighted by Crippen LogP contribution is -2.34. The van der Waals surface area contributed by atoms with Crippen molar-refractivity contribution in [3.63, 3.8) is 0 Å². The second kappa shape index (κ2) is 7.88. The van der Waals surface area contributed by atoms with Crippen molar-refractivity contribution in [2.75, 3.05) is 6.54 Å². The number of benzene rings is 1. The van der Waals surface area contributed by atoms with Crippen LogP contribution >= 0.6 is 27.5 Å². The molecule has 0 unspecified atom stereocenters. The Labute approximate surface area is 203 Å². The van der Waals surface area contributed by atoms with Crippen LogP contribution in [0.3, 0.4) is 0 Å². The molecular weight excluding hydrogens is 515 g/mol. The fraction of sp³-hybridized carbons (Fsp3) is 0.478. The maximum atomic E-state index is 14.4. The summed E-state index contributed by atoms with van der Waals surface area (Å²) in [6, 6.07) is 3.13. The second-order valence-electron chi connectivity index (χ2n) is 9.20. The molecule has 2 fully saturated rings. The van der Waals surface area contributed by atoms with E-state index in [-0.39, 0.29) is 30.2 Å². The van der Waals surface area contributed by atoms with Crippen molar-refractivity contribution in [1.29, 1.82) is 0 Å². The Kier molecular flexibility index (Phi) is 5.19. The van der Waals surface area contributed by atoms with E-state index in [4.69, 9.17) is 25.8 Å². The molecular formula is C23H23BrClFN4O3. The molecule has 33 heavy (non-hydrogen) atoms. The lowest BCUT2D eigenvalue weighted by atomic mass is 9.99. The molecule has 1 N–H and O–H groups in total. The van der Waals surface area contributed by atoms with Crippen LogP contribution in [0.25, 0.3) is 11.0 Å². The zero-order valence-electron chi connectivity index (χ0n) is 18.1. The zero-order chi connectivity index (χ0) is 22.9. The quantitative estimate of drug-likeness (QED) is 0.495.